The van der Waals surface area contributed by atoms with Crippen LogP contribution in [0.25, 0.3) is 16.8 Å². The molecule has 2 saturated carbocycles. The van der Waals surface area contributed by atoms with E-state index in [1.54, 1.807) is 4.52 Å². The van der Waals surface area contributed by atoms with E-state index in [1.807, 2.05) is 6.07 Å². The Morgan fingerprint density at radius 3 is 2.48 bits per heavy atom. The summed E-state index contributed by atoms with van der Waals surface area (Å²) in [6, 6.07) is 10.4. The van der Waals surface area contributed by atoms with E-state index in [9.17, 15) is 32.3 Å². The number of aliphatic hydroxyl groups is 1. The number of benzene rings is 1. The van der Waals surface area contributed by atoms with E-state index in [0.717, 1.165) is 49.6 Å². The topological polar surface area (TPSA) is 141 Å². The second-order valence-corrected chi connectivity index (χ2v) is 12.3. The number of rotatable bonds is 9. The van der Waals surface area contributed by atoms with E-state index < -0.39 is 47.1 Å². The van der Waals surface area contributed by atoms with Gasteiger partial charge in [-0.25, -0.2) is 13.9 Å². The predicted molar refractivity (Wildman–Crippen MR) is 155 cm³/mol. The summed E-state index contributed by atoms with van der Waals surface area (Å²) in [7, 11) is 0. The molecule has 2 aliphatic carbocycles. The largest absolute Gasteiger partial charge is 0.489 e. The number of fused-ring (bicyclic) bond motifs is 2. The minimum Gasteiger partial charge on any atom is -0.489 e. The van der Waals surface area contributed by atoms with Crippen LogP contribution in [0.2, 0.25) is 0 Å². The number of nitrogens with two attached hydrogens (primary N) is 1. The van der Waals surface area contributed by atoms with Crippen LogP contribution in [0.3, 0.4) is 0 Å². The van der Waals surface area contributed by atoms with Crippen molar-refractivity contribution in [3.05, 3.63) is 76.9 Å². The lowest BCUT2D eigenvalue weighted by atomic mass is 9.81. The van der Waals surface area contributed by atoms with Crippen molar-refractivity contribution in [1.29, 1.82) is 0 Å². The Hall–Kier alpha value is -4.72. The maximum Gasteiger partial charge on any atom is 0.424 e. The number of nitrogens with zero attached hydrogens (tertiary/aromatic N) is 3. The lowest BCUT2D eigenvalue weighted by Gasteiger charge is -2.31. The second-order valence-electron chi connectivity index (χ2n) is 12.3. The average Bonchev–Trinajstić information content (AvgIpc) is 3.95. The first-order chi connectivity index (χ1) is 21.8. The van der Waals surface area contributed by atoms with Crippen molar-refractivity contribution < 1.29 is 41.7 Å². The molecule has 0 radical (unpaired) electrons. The Bertz CT molecular complexity index is 1890. The zero-order valence-electron chi connectivity index (χ0n) is 24.5. The van der Waals surface area contributed by atoms with Gasteiger partial charge in [-0.05, 0) is 75.1 Å². The van der Waals surface area contributed by atoms with Crippen LogP contribution in [0.15, 0.2) is 48.5 Å². The Kier molecular flexibility index (Phi) is 6.78. The Morgan fingerprint density at radius 1 is 1.13 bits per heavy atom. The van der Waals surface area contributed by atoms with Gasteiger partial charge in [-0.15, -0.1) is 0 Å². The van der Waals surface area contributed by atoms with Gasteiger partial charge >= 0.3 is 6.18 Å². The van der Waals surface area contributed by atoms with Gasteiger partial charge in [0.25, 0.3) is 5.91 Å². The fourth-order valence-electron chi connectivity index (χ4n) is 5.49. The molecular formula is C32H29F4N5O5. The third kappa shape index (κ3) is 5.10. The zero-order valence-corrected chi connectivity index (χ0v) is 24.5. The van der Waals surface area contributed by atoms with E-state index in [4.69, 9.17) is 15.2 Å². The molecular weight excluding hydrogens is 610 g/mol. The molecule has 1 aromatic carbocycles. The van der Waals surface area contributed by atoms with Gasteiger partial charge in [-0.2, -0.15) is 18.3 Å². The molecule has 0 spiro atoms. The number of primary amides is 1. The summed E-state index contributed by atoms with van der Waals surface area (Å²) in [6.45, 7) is -0.214. The van der Waals surface area contributed by atoms with Crippen LogP contribution in [0, 0.1) is 5.82 Å². The number of amides is 2. The van der Waals surface area contributed by atoms with Crippen molar-refractivity contribution in [2.24, 2.45) is 5.73 Å². The highest BCUT2D eigenvalue weighted by atomic mass is 19.4. The molecule has 7 rings (SSSR count). The molecule has 4 aromatic rings. The van der Waals surface area contributed by atoms with Crippen molar-refractivity contribution in [2.75, 3.05) is 13.2 Å². The lowest BCUT2D eigenvalue weighted by molar-refractivity contribution is -0.265. The highest BCUT2D eigenvalue weighted by molar-refractivity contribution is 5.96. The first-order valence-electron chi connectivity index (χ1n) is 14.8. The number of alkyl halides is 3. The molecule has 10 nitrogen and oxygen atoms in total. The summed E-state index contributed by atoms with van der Waals surface area (Å²) in [5, 5.41) is 18.2. The van der Waals surface area contributed by atoms with Gasteiger partial charge in [0.05, 0.1) is 23.4 Å². The summed E-state index contributed by atoms with van der Waals surface area (Å²) < 4.78 is 71.3. The maximum absolute atomic E-state index is 14.8. The molecule has 240 valence electrons. The molecule has 4 N–H and O–H groups in total. The highest BCUT2D eigenvalue weighted by Gasteiger charge is 2.57. The average molecular weight is 640 g/mol. The van der Waals surface area contributed by atoms with Gasteiger partial charge in [0.15, 0.2) is 0 Å². The molecule has 2 fully saturated rings. The number of hydrogen-bond acceptors (Lipinski definition) is 7. The van der Waals surface area contributed by atoms with E-state index in [-0.39, 0.29) is 46.7 Å². The van der Waals surface area contributed by atoms with Crippen LogP contribution in [-0.4, -0.2) is 57.0 Å². The highest BCUT2D eigenvalue weighted by Crippen LogP contribution is 2.48. The van der Waals surface area contributed by atoms with Gasteiger partial charge in [0, 0.05) is 28.7 Å². The normalized spacial score (nSPS) is 20.6. The fourth-order valence-corrected chi connectivity index (χ4v) is 5.49. The number of pyridine rings is 2. The van der Waals surface area contributed by atoms with Crippen molar-refractivity contribution in [1.82, 2.24) is 19.9 Å². The molecule has 0 bridgehead atoms. The van der Waals surface area contributed by atoms with Crippen LogP contribution in [-0.2, 0) is 15.8 Å². The van der Waals surface area contributed by atoms with Crippen LogP contribution in [0.1, 0.15) is 65.8 Å². The van der Waals surface area contributed by atoms with E-state index in [2.05, 4.69) is 15.4 Å². The minimum atomic E-state index is -5.35. The monoisotopic (exact) mass is 639 g/mol. The second kappa shape index (κ2) is 10.4. The molecule has 0 saturated heterocycles. The molecule has 2 amide bonds. The third-order valence-corrected chi connectivity index (χ3v) is 8.75. The number of carbonyl (C=O) groups is 2. The lowest BCUT2D eigenvalue weighted by Crippen LogP contribution is -2.51. The molecule has 2 atom stereocenters. The number of halogens is 4. The van der Waals surface area contributed by atoms with Crippen molar-refractivity contribution >= 4 is 17.3 Å². The van der Waals surface area contributed by atoms with E-state index in [0.29, 0.717) is 11.4 Å². The number of carbonyl (C=O) groups excluding carboxylic acids is 2. The molecule has 3 aliphatic rings. The summed E-state index contributed by atoms with van der Waals surface area (Å²) in [6.07, 6.45) is -1.73. The fraction of sp³-hybridized carbons (Fsp3) is 0.375. The molecule has 1 aliphatic heterocycles. The van der Waals surface area contributed by atoms with Gasteiger partial charge in [0.1, 0.15) is 35.4 Å². The number of hydrogen-bond donors (Lipinski definition) is 3. The smallest absolute Gasteiger partial charge is 0.424 e. The Balaban J connectivity index is 1.26. The van der Waals surface area contributed by atoms with Gasteiger partial charge < -0.3 is 25.6 Å². The van der Waals surface area contributed by atoms with Crippen LogP contribution >= 0.6 is 0 Å². The van der Waals surface area contributed by atoms with Crippen LogP contribution in [0.4, 0.5) is 17.6 Å². The van der Waals surface area contributed by atoms with E-state index in [1.165, 1.54) is 31.2 Å². The predicted octanol–water partition coefficient (Wildman–Crippen LogP) is 4.27. The quantitative estimate of drug-likeness (QED) is 0.232. The maximum atomic E-state index is 14.8. The number of aromatic nitrogens is 3. The Labute approximate surface area is 259 Å². The summed E-state index contributed by atoms with van der Waals surface area (Å²) in [5.74, 6) is -1.79. The third-order valence-electron chi connectivity index (χ3n) is 8.75. The molecule has 4 heterocycles. The van der Waals surface area contributed by atoms with Crippen LogP contribution < -0.4 is 20.5 Å². The molecule has 3 aromatic heterocycles. The van der Waals surface area contributed by atoms with Crippen molar-refractivity contribution in [2.45, 2.75) is 61.8 Å². The summed E-state index contributed by atoms with van der Waals surface area (Å²) in [4.78, 5) is 30.0. The molecule has 1 unspecified atom stereocenters. The van der Waals surface area contributed by atoms with Gasteiger partial charge in [0.2, 0.25) is 17.4 Å². The number of nitrogens with one attached hydrogen (secondary N) is 1. The van der Waals surface area contributed by atoms with Crippen molar-refractivity contribution in [3.8, 4) is 22.9 Å². The van der Waals surface area contributed by atoms with Gasteiger partial charge in [-0.3, -0.25) is 9.59 Å². The zero-order chi connectivity index (χ0) is 32.6. The SMILES string of the molecule is C[C@]1(C(N)=O)COc2c1cc(C(O)(CNC(=O)c1cc(OC3CC3)n3nc(C4CC4)cc3c1)C(F)(F)F)nc2-c1ccc(F)cc1. The standard InChI is InChI=1S/C32H29F4N5O5/c1-30(29(37)43)15-45-27-22(30)13-24(39-26(27)17-4-6-19(33)7-5-17)31(44,32(34,35)36)14-38-28(42)18-10-20-12-23(16-2-3-16)40-41(20)25(11-18)46-21-8-9-21/h4-7,10-13,16,21,44H,2-3,8-9,14-15H2,1H3,(H2,37,43)(H,38,42)/t30-,31?/m0/s1. The van der Waals surface area contributed by atoms with E-state index >= 15 is 0 Å². The first kappa shape index (κ1) is 30.0. The van der Waals surface area contributed by atoms with Gasteiger partial charge in [-0.1, -0.05) is 0 Å². The molecule has 14 heteroatoms. The molecule has 46 heavy (non-hydrogen) atoms. The first-order valence-corrected chi connectivity index (χ1v) is 14.8. The number of ether oxygens (including phenoxy) is 2. The minimum absolute atomic E-state index is 0.0125. The van der Waals surface area contributed by atoms with Crippen molar-refractivity contribution in [3.63, 3.8) is 0 Å². The Morgan fingerprint density at radius 2 is 1.85 bits per heavy atom. The summed E-state index contributed by atoms with van der Waals surface area (Å²) in [5.41, 5.74) is 0.818. The van der Waals surface area contributed by atoms with Crippen LogP contribution in [0.5, 0.6) is 11.6 Å². The summed E-state index contributed by atoms with van der Waals surface area (Å²) >= 11 is 0.